The minimum atomic E-state index is -4.46. The summed E-state index contributed by atoms with van der Waals surface area (Å²) in [4.78, 5) is 14.5. The van der Waals surface area contributed by atoms with Gasteiger partial charge in [0.05, 0.1) is 12.7 Å². The van der Waals surface area contributed by atoms with Gasteiger partial charge in [0, 0.05) is 0 Å². The molecular formula is C8H5F3INO2. The quantitative estimate of drug-likeness (QED) is 0.451. The van der Waals surface area contributed by atoms with Crippen LogP contribution in [0.15, 0.2) is 12.1 Å². The van der Waals surface area contributed by atoms with Crippen LogP contribution in [-0.4, -0.2) is 18.1 Å². The van der Waals surface area contributed by atoms with Crippen LogP contribution in [0.4, 0.5) is 13.2 Å². The Morgan fingerprint density at radius 3 is 2.47 bits per heavy atom. The lowest BCUT2D eigenvalue weighted by Gasteiger charge is -2.08. The molecule has 0 aliphatic rings. The third-order valence-electron chi connectivity index (χ3n) is 1.55. The summed E-state index contributed by atoms with van der Waals surface area (Å²) in [7, 11) is 1.13. The van der Waals surface area contributed by atoms with E-state index in [1.807, 2.05) is 0 Å². The Kier molecular flexibility index (Phi) is 3.53. The van der Waals surface area contributed by atoms with E-state index in [9.17, 15) is 18.0 Å². The van der Waals surface area contributed by atoms with Crippen molar-refractivity contribution in [2.45, 2.75) is 6.18 Å². The third-order valence-corrected chi connectivity index (χ3v) is 2.37. The molecule has 0 atom stereocenters. The Labute approximate surface area is 96.8 Å². The van der Waals surface area contributed by atoms with Gasteiger partial charge < -0.3 is 4.74 Å². The van der Waals surface area contributed by atoms with Crippen LogP contribution in [0.3, 0.4) is 0 Å². The van der Waals surface area contributed by atoms with E-state index in [1.54, 1.807) is 0 Å². The summed E-state index contributed by atoms with van der Waals surface area (Å²) in [6.45, 7) is 0. The standard InChI is InChI=1S/C8H5F3INO2/c1-15-7(14)5-3-2-4(6(12)13-5)8(9,10)11/h2-3H,1H3. The molecule has 0 unspecified atom stereocenters. The summed E-state index contributed by atoms with van der Waals surface area (Å²) in [5.74, 6) is -0.762. The van der Waals surface area contributed by atoms with Gasteiger partial charge in [-0.1, -0.05) is 0 Å². The zero-order valence-corrected chi connectivity index (χ0v) is 9.59. The van der Waals surface area contributed by atoms with Crippen LogP contribution in [0.25, 0.3) is 0 Å². The molecule has 0 aliphatic heterocycles. The maximum atomic E-state index is 12.3. The lowest BCUT2D eigenvalue weighted by Crippen LogP contribution is -2.12. The second-order valence-corrected chi connectivity index (χ2v) is 3.55. The number of aromatic nitrogens is 1. The Balaban J connectivity index is 3.15. The molecule has 15 heavy (non-hydrogen) atoms. The molecule has 0 bridgehead atoms. The highest BCUT2D eigenvalue weighted by Gasteiger charge is 2.34. The van der Waals surface area contributed by atoms with Gasteiger partial charge in [-0.05, 0) is 34.7 Å². The lowest BCUT2D eigenvalue weighted by molar-refractivity contribution is -0.138. The molecule has 0 N–H and O–H groups in total. The third kappa shape index (κ3) is 2.80. The van der Waals surface area contributed by atoms with Crippen LogP contribution in [0, 0.1) is 3.70 Å². The molecule has 0 aromatic carbocycles. The van der Waals surface area contributed by atoms with Gasteiger partial charge in [0.1, 0.15) is 9.39 Å². The molecule has 1 aromatic heterocycles. The first-order valence-corrected chi connectivity index (χ1v) is 4.76. The smallest absolute Gasteiger partial charge is 0.418 e. The van der Waals surface area contributed by atoms with Crippen molar-refractivity contribution in [1.29, 1.82) is 0 Å². The molecule has 82 valence electrons. The highest BCUT2D eigenvalue weighted by atomic mass is 127. The zero-order valence-electron chi connectivity index (χ0n) is 7.43. The molecule has 3 nitrogen and oxygen atoms in total. The number of alkyl halides is 3. The maximum Gasteiger partial charge on any atom is 0.418 e. The van der Waals surface area contributed by atoms with Crippen molar-refractivity contribution >= 4 is 28.6 Å². The summed E-state index contributed by atoms with van der Waals surface area (Å²) in [5, 5.41) is 0. The van der Waals surface area contributed by atoms with Crippen molar-refractivity contribution < 1.29 is 22.7 Å². The van der Waals surface area contributed by atoms with Gasteiger partial charge in [0.25, 0.3) is 0 Å². The Hall–Kier alpha value is -0.860. The van der Waals surface area contributed by atoms with Gasteiger partial charge in [-0.15, -0.1) is 0 Å². The van der Waals surface area contributed by atoms with Crippen molar-refractivity contribution in [3.63, 3.8) is 0 Å². The second kappa shape index (κ2) is 4.33. The number of pyridine rings is 1. The maximum absolute atomic E-state index is 12.3. The molecule has 0 spiro atoms. The normalized spacial score (nSPS) is 11.3. The van der Waals surface area contributed by atoms with Crippen molar-refractivity contribution in [3.05, 3.63) is 27.1 Å². The number of carbonyl (C=O) groups is 1. The van der Waals surface area contributed by atoms with Crippen molar-refractivity contribution in [2.24, 2.45) is 0 Å². The number of nitrogens with zero attached hydrogens (tertiary/aromatic N) is 1. The summed E-state index contributed by atoms with van der Waals surface area (Å²) in [5.41, 5.74) is -1.01. The summed E-state index contributed by atoms with van der Waals surface area (Å²) in [6.07, 6.45) is -4.46. The van der Waals surface area contributed by atoms with Gasteiger partial charge in [0.2, 0.25) is 0 Å². The van der Waals surface area contributed by atoms with E-state index < -0.39 is 17.7 Å². The topological polar surface area (TPSA) is 39.2 Å². The highest BCUT2D eigenvalue weighted by Crippen LogP contribution is 2.31. The Bertz CT molecular complexity index is 392. The SMILES string of the molecule is COC(=O)c1ccc(C(F)(F)F)c(I)n1. The number of hydrogen-bond acceptors (Lipinski definition) is 3. The molecule has 1 aromatic rings. The number of carbonyl (C=O) groups excluding carboxylic acids is 1. The average Bonchev–Trinajstić information content (AvgIpc) is 2.14. The second-order valence-electron chi connectivity index (χ2n) is 2.52. The molecule has 0 fully saturated rings. The molecule has 7 heteroatoms. The number of hydrogen-bond donors (Lipinski definition) is 0. The van der Waals surface area contributed by atoms with E-state index in [-0.39, 0.29) is 9.39 Å². The Morgan fingerprint density at radius 1 is 1.47 bits per heavy atom. The van der Waals surface area contributed by atoms with Crippen LogP contribution >= 0.6 is 22.6 Å². The van der Waals surface area contributed by atoms with Crippen molar-refractivity contribution in [2.75, 3.05) is 7.11 Å². The highest BCUT2D eigenvalue weighted by molar-refractivity contribution is 14.1. The summed E-state index contributed by atoms with van der Waals surface area (Å²) in [6, 6.07) is 1.79. The van der Waals surface area contributed by atoms with Crippen LogP contribution in [0.5, 0.6) is 0 Å². The minimum absolute atomic E-state index is 0.144. The number of halogens is 4. The van der Waals surface area contributed by atoms with E-state index >= 15 is 0 Å². The molecule has 1 rings (SSSR count). The van der Waals surface area contributed by atoms with Crippen molar-refractivity contribution in [1.82, 2.24) is 4.98 Å². The molecular weight excluding hydrogens is 326 g/mol. The molecule has 0 saturated heterocycles. The van der Waals surface area contributed by atoms with Gasteiger partial charge in [-0.2, -0.15) is 13.2 Å². The van der Waals surface area contributed by atoms with Gasteiger partial charge in [-0.25, -0.2) is 9.78 Å². The summed E-state index contributed by atoms with van der Waals surface area (Å²) < 4.78 is 41.0. The predicted molar refractivity (Wildman–Crippen MR) is 53.3 cm³/mol. The van der Waals surface area contributed by atoms with Crippen LogP contribution in [-0.2, 0) is 10.9 Å². The molecule has 0 aliphatic carbocycles. The zero-order chi connectivity index (χ0) is 11.6. The van der Waals surface area contributed by atoms with Gasteiger partial charge in [0.15, 0.2) is 0 Å². The molecule has 0 amide bonds. The minimum Gasteiger partial charge on any atom is -0.464 e. The molecule has 0 saturated carbocycles. The molecule has 0 radical (unpaired) electrons. The first-order valence-electron chi connectivity index (χ1n) is 3.68. The van der Waals surface area contributed by atoms with Crippen LogP contribution in [0.2, 0.25) is 0 Å². The largest absolute Gasteiger partial charge is 0.464 e. The van der Waals surface area contributed by atoms with Gasteiger partial charge in [-0.3, -0.25) is 0 Å². The van der Waals surface area contributed by atoms with E-state index in [1.165, 1.54) is 22.6 Å². The number of ether oxygens (including phenoxy) is 1. The fraction of sp³-hybridized carbons (Fsp3) is 0.250. The van der Waals surface area contributed by atoms with E-state index in [0.29, 0.717) is 0 Å². The first kappa shape index (κ1) is 12.2. The number of rotatable bonds is 1. The van der Waals surface area contributed by atoms with Crippen molar-refractivity contribution in [3.8, 4) is 0 Å². The van der Waals surface area contributed by atoms with E-state index in [2.05, 4.69) is 9.72 Å². The lowest BCUT2D eigenvalue weighted by atomic mass is 10.2. The van der Waals surface area contributed by atoms with E-state index in [4.69, 9.17) is 0 Å². The van der Waals surface area contributed by atoms with Crippen LogP contribution in [0.1, 0.15) is 16.1 Å². The fourth-order valence-electron chi connectivity index (χ4n) is 0.864. The fourth-order valence-corrected chi connectivity index (χ4v) is 1.61. The average molecular weight is 331 g/mol. The Morgan fingerprint density at radius 2 is 2.07 bits per heavy atom. The monoisotopic (exact) mass is 331 g/mol. The number of methoxy groups -OCH3 is 1. The predicted octanol–water partition coefficient (Wildman–Crippen LogP) is 2.49. The molecule has 1 heterocycles. The van der Waals surface area contributed by atoms with Gasteiger partial charge >= 0.3 is 12.1 Å². The first-order chi connectivity index (χ1) is 6.86. The van der Waals surface area contributed by atoms with E-state index in [0.717, 1.165) is 19.2 Å². The summed E-state index contributed by atoms with van der Waals surface area (Å²) >= 11 is 1.42. The van der Waals surface area contributed by atoms with Crippen LogP contribution < -0.4 is 0 Å². The number of esters is 1.